The highest BCUT2D eigenvalue weighted by Gasteiger charge is 2.17. The normalized spacial score (nSPS) is 12.2. The molecule has 0 fully saturated rings. The van der Waals surface area contributed by atoms with Crippen LogP contribution in [-0.4, -0.2) is 10.2 Å². The first-order valence-electron chi connectivity index (χ1n) is 7.50. The first kappa shape index (κ1) is 15.4. The first-order chi connectivity index (χ1) is 10.2. The van der Waals surface area contributed by atoms with Crippen LogP contribution >= 0.6 is 0 Å². The summed E-state index contributed by atoms with van der Waals surface area (Å²) in [4.78, 5) is 0. The molecule has 1 heterocycles. The van der Waals surface area contributed by atoms with E-state index in [9.17, 15) is 0 Å². The number of hydrogen-bond acceptors (Lipinski definition) is 4. The summed E-state index contributed by atoms with van der Waals surface area (Å²) in [6.45, 7) is 6.62. The van der Waals surface area contributed by atoms with E-state index < -0.39 is 0 Å². The van der Waals surface area contributed by atoms with Gasteiger partial charge in [0.25, 0.3) is 0 Å². The van der Waals surface area contributed by atoms with Gasteiger partial charge in [-0.25, -0.2) is 0 Å². The zero-order valence-corrected chi connectivity index (χ0v) is 13.0. The average molecular weight is 285 g/mol. The molecule has 2 rings (SSSR count). The van der Waals surface area contributed by atoms with E-state index in [0.717, 1.165) is 29.7 Å². The minimum Gasteiger partial charge on any atom is -0.468 e. The summed E-state index contributed by atoms with van der Waals surface area (Å²) in [6.07, 6.45) is 1.67. The maximum Gasteiger partial charge on any atom is 0.238 e. The van der Waals surface area contributed by atoms with E-state index in [1.165, 1.54) is 5.56 Å². The summed E-state index contributed by atoms with van der Waals surface area (Å²) < 4.78 is 6.01. The van der Waals surface area contributed by atoms with E-state index in [4.69, 9.17) is 10.5 Å². The van der Waals surface area contributed by atoms with Gasteiger partial charge in [-0.2, -0.15) is 5.10 Å². The third-order valence-electron chi connectivity index (χ3n) is 3.68. The third-order valence-corrected chi connectivity index (χ3v) is 3.68. The molecule has 1 aromatic carbocycles. The molecule has 21 heavy (non-hydrogen) atoms. The fraction of sp³-hybridized carbons (Fsp3) is 0.412. The monoisotopic (exact) mass is 285 g/mol. The second-order valence-corrected chi connectivity index (χ2v) is 4.99. The van der Waals surface area contributed by atoms with Gasteiger partial charge in [-0.15, -0.1) is 5.10 Å². The third kappa shape index (κ3) is 3.39. The van der Waals surface area contributed by atoms with Gasteiger partial charge in [0.15, 0.2) is 0 Å². The highest BCUT2D eigenvalue weighted by Crippen LogP contribution is 2.26. The molecule has 4 heteroatoms. The Hall–Kier alpha value is -1.94. The van der Waals surface area contributed by atoms with Crippen molar-refractivity contribution in [2.75, 3.05) is 0 Å². The summed E-state index contributed by atoms with van der Waals surface area (Å²) in [5.41, 5.74) is 10.2. The second kappa shape index (κ2) is 7.18. The lowest BCUT2D eigenvalue weighted by Crippen LogP contribution is -2.14. The standard InChI is InChI=1S/C17H23N3O/c1-4-14-15(11-18)17(20-19-16(14)5-2)21-12(3)13-9-7-6-8-10-13/h6-10,12H,4-5,11,18H2,1-3H3. The predicted octanol–water partition coefficient (Wildman–Crippen LogP) is 3.20. The molecule has 0 aliphatic heterocycles. The molecule has 4 nitrogen and oxygen atoms in total. The van der Waals surface area contributed by atoms with Crippen LogP contribution in [0.25, 0.3) is 0 Å². The molecule has 0 bridgehead atoms. The molecule has 1 unspecified atom stereocenters. The van der Waals surface area contributed by atoms with Crippen molar-refractivity contribution in [2.45, 2.75) is 46.3 Å². The van der Waals surface area contributed by atoms with Crippen LogP contribution < -0.4 is 10.5 Å². The smallest absolute Gasteiger partial charge is 0.238 e. The van der Waals surface area contributed by atoms with E-state index in [1.54, 1.807) is 0 Å². The Labute approximate surface area is 126 Å². The van der Waals surface area contributed by atoms with Crippen molar-refractivity contribution < 1.29 is 4.74 Å². The molecule has 0 aliphatic carbocycles. The van der Waals surface area contributed by atoms with E-state index in [-0.39, 0.29) is 6.10 Å². The minimum atomic E-state index is -0.0806. The molecular weight excluding hydrogens is 262 g/mol. The molecule has 2 N–H and O–H groups in total. The van der Waals surface area contributed by atoms with Gasteiger partial charge in [-0.05, 0) is 30.9 Å². The second-order valence-electron chi connectivity index (χ2n) is 4.99. The van der Waals surface area contributed by atoms with Crippen molar-refractivity contribution in [3.63, 3.8) is 0 Å². The Kier molecular flexibility index (Phi) is 5.28. The van der Waals surface area contributed by atoms with Gasteiger partial charge in [-0.1, -0.05) is 44.2 Å². The summed E-state index contributed by atoms with van der Waals surface area (Å²) >= 11 is 0. The fourth-order valence-electron chi connectivity index (χ4n) is 2.50. The van der Waals surface area contributed by atoms with Gasteiger partial charge in [0, 0.05) is 12.1 Å². The van der Waals surface area contributed by atoms with Crippen molar-refractivity contribution in [1.82, 2.24) is 10.2 Å². The molecule has 2 aromatic rings. The van der Waals surface area contributed by atoms with Crippen LogP contribution in [0.1, 0.15) is 49.3 Å². The zero-order chi connectivity index (χ0) is 15.2. The van der Waals surface area contributed by atoms with Crippen LogP contribution in [0, 0.1) is 0 Å². The Bertz CT molecular complexity index is 584. The molecule has 0 radical (unpaired) electrons. The molecule has 0 spiro atoms. The quantitative estimate of drug-likeness (QED) is 0.885. The van der Waals surface area contributed by atoms with Gasteiger partial charge < -0.3 is 10.5 Å². The molecule has 0 aliphatic rings. The molecule has 112 valence electrons. The predicted molar refractivity (Wildman–Crippen MR) is 84.2 cm³/mol. The van der Waals surface area contributed by atoms with Crippen LogP contribution in [0.2, 0.25) is 0 Å². The molecule has 0 saturated carbocycles. The fourth-order valence-corrected chi connectivity index (χ4v) is 2.50. The van der Waals surface area contributed by atoms with Crippen molar-refractivity contribution >= 4 is 0 Å². The Morgan fingerprint density at radius 1 is 1.05 bits per heavy atom. The van der Waals surface area contributed by atoms with E-state index in [0.29, 0.717) is 12.4 Å². The number of hydrogen-bond donors (Lipinski definition) is 1. The molecule has 1 aromatic heterocycles. The SMILES string of the molecule is CCc1nnc(OC(C)c2ccccc2)c(CN)c1CC. The van der Waals surface area contributed by atoms with Crippen molar-refractivity contribution in [3.05, 3.63) is 52.7 Å². The van der Waals surface area contributed by atoms with Crippen LogP contribution in [0.3, 0.4) is 0 Å². The maximum absolute atomic E-state index is 6.01. The van der Waals surface area contributed by atoms with Crippen LogP contribution in [0.5, 0.6) is 5.88 Å². The largest absolute Gasteiger partial charge is 0.468 e. The highest BCUT2D eigenvalue weighted by molar-refractivity contribution is 5.37. The Balaban J connectivity index is 2.32. The van der Waals surface area contributed by atoms with Crippen molar-refractivity contribution in [1.29, 1.82) is 0 Å². The van der Waals surface area contributed by atoms with Crippen molar-refractivity contribution in [2.24, 2.45) is 5.73 Å². The first-order valence-corrected chi connectivity index (χ1v) is 7.50. The Morgan fingerprint density at radius 2 is 1.76 bits per heavy atom. The van der Waals surface area contributed by atoms with Gasteiger partial charge in [0.05, 0.1) is 5.69 Å². The number of benzene rings is 1. The van der Waals surface area contributed by atoms with E-state index in [2.05, 4.69) is 24.0 Å². The molecule has 0 saturated heterocycles. The Morgan fingerprint density at radius 3 is 2.33 bits per heavy atom. The molecular formula is C17H23N3O. The van der Waals surface area contributed by atoms with E-state index in [1.807, 2.05) is 37.3 Å². The average Bonchev–Trinajstić information content (AvgIpc) is 2.54. The van der Waals surface area contributed by atoms with Crippen molar-refractivity contribution in [3.8, 4) is 5.88 Å². The van der Waals surface area contributed by atoms with Gasteiger partial charge in [-0.3, -0.25) is 0 Å². The lowest BCUT2D eigenvalue weighted by molar-refractivity contribution is 0.211. The van der Waals surface area contributed by atoms with Crippen LogP contribution in [0.4, 0.5) is 0 Å². The molecule has 0 amide bonds. The number of ether oxygens (including phenoxy) is 1. The summed E-state index contributed by atoms with van der Waals surface area (Å²) in [6, 6.07) is 10.1. The van der Waals surface area contributed by atoms with Gasteiger partial charge in [0.1, 0.15) is 6.10 Å². The zero-order valence-electron chi connectivity index (χ0n) is 13.0. The van der Waals surface area contributed by atoms with Crippen LogP contribution in [0.15, 0.2) is 30.3 Å². The topological polar surface area (TPSA) is 61.0 Å². The summed E-state index contributed by atoms with van der Waals surface area (Å²) in [5.74, 6) is 0.558. The molecule has 1 atom stereocenters. The highest BCUT2D eigenvalue weighted by atomic mass is 16.5. The number of nitrogens with two attached hydrogens (primary N) is 1. The van der Waals surface area contributed by atoms with Crippen LogP contribution in [-0.2, 0) is 19.4 Å². The lowest BCUT2D eigenvalue weighted by Gasteiger charge is -2.18. The van der Waals surface area contributed by atoms with Gasteiger partial charge in [0.2, 0.25) is 5.88 Å². The van der Waals surface area contributed by atoms with E-state index >= 15 is 0 Å². The lowest BCUT2D eigenvalue weighted by atomic mass is 10.0. The summed E-state index contributed by atoms with van der Waals surface area (Å²) in [5, 5.41) is 8.53. The number of aromatic nitrogens is 2. The number of nitrogens with zero attached hydrogens (tertiary/aromatic N) is 2. The number of rotatable bonds is 6. The summed E-state index contributed by atoms with van der Waals surface area (Å²) in [7, 11) is 0. The maximum atomic E-state index is 6.01. The minimum absolute atomic E-state index is 0.0806. The van der Waals surface area contributed by atoms with Gasteiger partial charge >= 0.3 is 0 Å². The number of aryl methyl sites for hydroxylation is 1.